The number of methoxy groups -OCH3 is 1. The molecule has 2 fully saturated rings. The number of esters is 1. The van der Waals surface area contributed by atoms with Crippen LogP contribution < -0.4 is 26.2 Å². The first-order valence-corrected chi connectivity index (χ1v) is 16.0. The van der Waals surface area contributed by atoms with Crippen LogP contribution in [0.3, 0.4) is 0 Å². The summed E-state index contributed by atoms with van der Waals surface area (Å²) in [4.78, 5) is 48.2. The number of nitrogens with one attached hydrogen (secondary N) is 3. The summed E-state index contributed by atoms with van der Waals surface area (Å²) >= 11 is 0.661. The van der Waals surface area contributed by atoms with Crippen LogP contribution in [0.1, 0.15) is 33.9 Å². The molecule has 232 valence electrons. The third-order valence-electron chi connectivity index (χ3n) is 6.34. The maximum atomic E-state index is 13.9. The molecule has 4 heterocycles. The van der Waals surface area contributed by atoms with Crippen LogP contribution in [0.5, 0.6) is 5.88 Å². The molecule has 42 heavy (non-hydrogen) atoms. The monoisotopic (exact) mass is 632 g/mol. The number of anilines is 1. The molecule has 2 aromatic heterocycles. The highest BCUT2D eigenvalue weighted by molar-refractivity contribution is 8.56. The van der Waals surface area contributed by atoms with E-state index in [0.29, 0.717) is 11.4 Å². The van der Waals surface area contributed by atoms with Gasteiger partial charge >= 0.3 is 18.7 Å². The number of carbonyl (C=O) groups is 3. The van der Waals surface area contributed by atoms with E-state index in [9.17, 15) is 29.2 Å². The minimum absolute atomic E-state index is 0.0932. The molecule has 0 aromatic carbocycles. The Labute approximate surface area is 243 Å². The van der Waals surface area contributed by atoms with Crippen molar-refractivity contribution in [3.63, 3.8) is 0 Å². The lowest BCUT2D eigenvalue weighted by molar-refractivity contribution is -0.149. The van der Waals surface area contributed by atoms with Crippen molar-refractivity contribution in [2.75, 3.05) is 25.2 Å². The van der Waals surface area contributed by atoms with E-state index in [2.05, 4.69) is 30.7 Å². The highest BCUT2D eigenvalue weighted by Gasteiger charge is 2.54. The van der Waals surface area contributed by atoms with E-state index >= 15 is 0 Å². The summed E-state index contributed by atoms with van der Waals surface area (Å²) < 4.78 is 37.2. The number of amides is 3. The van der Waals surface area contributed by atoms with Crippen LogP contribution in [0.25, 0.3) is 11.2 Å². The molecule has 0 bridgehead atoms. The predicted molar refractivity (Wildman–Crippen MR) is 147 cm³/mol. The van der Waals surface area contributed by atoms with Crippen molar-refractivity contribution in [1.29, 1.82) is 0 Å². The smallest absolute Gasteiger partial charge is 0.327 e. The van der Waals surface area contributed by atoms with Gasteiger partial charge in [-0.15, -0.1) is 0 Å². The van der Waals surface area contributed by atoms with Crippen LogP contribution in [0.4, 0.5) is 10.7 Å². The molecule has 2 aliphatic heterocycles. The largest absolute Gasteiger partial charge is 0.479 e. The minimum atomic E-state index is -4.04. The number of imide groups is 1. The van der Waals surface area contributed by atoms with Crippen molar-refractivity contribution in [1.82, 2.24) is 35.2 Å². The molecule has 7 N–H and O–H groups in total. The number of nitrogen functional groups attached to an aromatic ring is 1. The summed E-state index contributed by atoms with van der Waals surface area (Å²) in [6.45, 7) is 1.48. The van der Waals surface area contributed by atoms with Gasteiger partial charge in [0.15, 0.2) is 17.4 Å². The average molecular weight is 633 g/mol. The lowest BCUT2D eigenvalue weighted by atomic mass is 9.96. The molecule has 20 heteroatoms. The molecule has 2 aromatic rings. The number of hydrogen-bond donors (Lipinski definition) is 6. The Morgan fingerprint density at radius 3 is 2.69 bits per heavy atom. The van der Waals surface area contributed by atoms with E-state index in [1.807, 2.05) is 0 Å². The lowest BCUT2D eigenvalue weighted by Gasteiger charge is -2.27. The summed E-state index contributed by atoms with van der Waals surface area (Å²) in [5.41, 5.74) is 4.26. The topological polar surface area (TPSA) is 251 Å². The number of fused-ring (bicyclic) bond motifs is 1. The van der Waals surface area contributed by atoms with E-state index in [4.69, 9.17) is 24.5 Å². The fraction of sp³-hybridized carbons (Fsp3) is 0.636. The van der Waals surface area contributed by atoms with Gasteiger partial charge in [-0.1, -0.05) is 11.4 Å². The van der Waals surface area contributed by atoms with Gasteiger partial charge in [0, 0.05) is 5.75 Å². The molecule has 2 unspecified atom stereocenters. The standard InChI is InChI=1S/C22H33N8O10PS/c1-9(2)39-18(33)10(3)29-41(36,42-7-11-16(32)27-21(34)25-11)38-6-12-14(31)22(4,35)19(40-12)30-8-24-13-15(30)26-20(23)28-17(13)37-5/h8-12,14,19,31,35H,6-7H2,1-5H3,(H,29,36)(H2,23,26,28)(H2,25,27,32,34)/t10-,11?,12-,14-,19-,22-,41?/m1/s1. The molecule has 0 spiro atoms. The normalized spacial score (nSPS) is 28.0. The summed E-state index contributed by atoms with van der Waals surface area (Å²) in [7, 11) is 1.38. The van der Waals surface area contributed by atoms with E-state index in [-0.39, 0.29) is 28.7 Å². The fourth-order valence-electron chi connectivity index (χ4n) is 4.25. The maximum Gasteiger partial charge on any atom is 0.327 e. The van der Waals surface area contributed by atoms with Crippen molar-refractivity contribution in [2.45, 2.75) is 69.9 Å². The summed E-state index contributed by atoms with van der Waals surface area (Å²) in [5, 5.41) is 29.3. The SMILES string of the molecule is COc1nc(N)nc2c1ncn2[C@@H]1O[C@H](COP(=O)(N[C@H](C)C(=O)OC(C)C)SCC2NC(=O)NC2=O)[C@@H](O)[C@@]1(C)O. The maximum absolute atomic E-state index is 13.9. The Morgan fingerprint density at radius 2 is 2.07 bits per heavy atom. The second kappa shape index (κ2) is 12.3. The molecule has 0 radical (unpaired) electrons. The molecule has 0 saturated carbocycles. The zero-order valence-electron chi connectivity index (χ0n) is 23.3. The van der Waals surface area contributed by atoms with Crippen molar-refractivity contribution in [3.05, 3.63) is 6.33 Å². The number of nitrogens with two attached hydrogens (primary N) is 1. The summed E-state index contributed by atoms with van der Waals surface area (Å²) in [6, 6.07) is -2.80. The minimum Gasteiger partial charge on any atom is -0.479 e. The molecule has 0 aliphatic carbocycles. The van der Waals surface area contributed by atoms with Crippen LogP contribution in [0.15, 0.2) is 6.33 Å². The predicted octanol–water partition coefficient (Wildman–Crippen LogP) is -0.578. The van der Waals surface area contributed by atoms with E-state index in [1.165, 1.54) is 31.9 Å². The number of rotatable bonds is 12. The van der Waals surface area contributed by atoms with E-state index < -0.39 is 73.5 Å². The van der Waals surface area contributed by atoms with Gasteiger partial charge in [0.1, 0.15) is 29.9 Å². The number of carbonyl (C=O) groups excluding carboxylic acids is 3. The van der Waals surface area contributed by atoms with Crippen molar-refractivity contribution < 1.29 is 47.9 Å². The highest BCUT2D eigenvalue weighted by atomic mass is 32.7. The number of nitrogens with zero attached hydrogens (tertiary/aromatic N) is 4. The Morgan fingerprint density at radius 1 is 1.36 bits per heavy atom. The second-order valence-corrected chi connectivity index (χ2v) is 14.4. The Kier molecular flexibility index (Phi) is 9.31. The number of ether oxygens (including phenoxy) is 3. The molecule has 3 amide bonds. The zero-order chi connectivity index (χ0) is 31.0. The molecule has 2 aliphatic rings. The fourth-order valence-corrected chi connectivity index (χ4v) is 8.12. The second-order valence-electron chi connectivity index (χ2n) is 10.1. The van der Waals surface area contributed by atoms with Crippen LogP contribution >= 0.6 is 18.1 Å². The molecule has 18 nitrogen and oxygen atoms in total. The van der Waals surface area contributed by atoms with Crippen molar-refractivity contribution in [2.24, 2.45) is 0 Å². The number of urea groups is 1. The number of aromatic nitrogens is 4. The average Bonchev–Trinajstić information content (AvgIpc) is 3.53. The van der Waals surface area contributed by atoms with Crippen LogP contribution in [-0.4, -0.2) is 103 Å². The third-order valence-corrected chi connectivity index (χ3v) is 10.5. The van der Waals surface area contributed by atoms with Gasteiger partial charge in [0.25, 0.3) is 5.91 Å². The summed E-state index contributed by atoms with van der Waals surface area (Å²) in [5.74, 6) is -1.53. The number of imidazole rings is 1. The number of aliphatic hydroxyl groups is 2. The molecule has 7 atom stereocenters. The molecular formula is C22H33N8O10PS. The van der Waals surface area contributed by atoms with Crippen molar-refractivity contribution >= 4 is 53.1 Å². The van der Waals surface area contributed by atoms with Crippen LogP contribution in [0.2, 0.25) is 0 Å². The van der Waals surface area contributed by atoms with E-state index in [1.54, 1.807) is 13.8 Å². The first kappa shape index (κ1) is 31.9. The van der Waals surface area contributed by atoms with Gasteiger partial charge in [-0.05, 0) is 27.7 Å². The first-order chi connectivity index (χ1) is 19.6. The van der Waals surface area contributed by atoms with Gasteiger partial charge in [-0.25, -0.2) is 14.9 Å². The summed E-state index contributed by atoms with van der Waals surface area (Å²) in [6.07, 6.45) is -3.16. The van der Waals surface area contributed by atoms with E-state index in [0.717, 1.165) is 0 Å². The highest BCUT2D eigenvalue weighted by Crippen LogP contribution is 2.57. The Balaban J connectivity index is 1.53. The Hall–Kier alpha value is -3.06. The third kappa shape index (κ3) is 6.61. The van der Waals surface area contributed by atoms with Gasteiger partial charge in [-0.2, -0.15) is 9.97 Å². The lowest BCUT2D eigenvalue weighted by Crippen LogP contribution is -2.44. The Bertz CT molecular complexity index is 1410. The van der Waals surface area contributed by atoms with Gasteiger partial charge in [0.2, 0.25) is 11.8 Å². The van der Waals surface area contributed by atoms with Gasteiger partial charge < -0.3 is 40.0 Å². The van der Waals surface area contributed by atoms with Gasteiger partial charge in [-0.3, -0.25) is 24.0 Å². The van der Waals surface area contributed by atoms with Crippen LogP contribution in [-0.2, 0) is 28.2 Å². The quantitative estimate of drug-likeness (QED) is 0.0972. The molecule has 4 rings (SSSR count). The van der Waals surface area contributed by atoms with Gasteiger partial charge in [0.05, 0.1) is 26.1 Å². The van der Waals surface area contributed by atoms with Crippen LogP contribution in [0, 0.1) is 0 Å². The number of hydrogen-bond acceptors (Lipinski definition) is 15. The number of aliphatic hydroxyl groups excluding tert-OH is 1. The zero-order valence-corrected chi connectivity index (χ0v) is 25.0. The van der Waals surface area contributed by atoms with Crippen molar-refractivity contribution in [3.8, 4) is 5.88 Å². The molecule has 2 saturated heterocycles. The molecular weight excluding hydrogens is 599 g/mol. The first-order valence-electron chi connectivity index (χ1n) is 12.7.